The maximum atomic E-state index is 13.2. The third kappa shape index (κ3) is 4.03. The van der Waals surface area contributed by atoms with Gasteiger partial charge in [0.2, 0.25) is 16.8 Å². The zero-order valence-corrected chi connectivity index (χ0v) is 15.0. The van der Waals surface area contributed by atoms with Crippen molar-refractivity contribution in [3.05, 3.63) is 52.8 Å². The summed E-state index contributed by atoms with van der Waals surface area (Å²) in [4.78, 5) is 4.36. The van der Waals surface area contributed by atoms with Crippen molar-refractivity contribution in [2.45, 2.75) is 10.1 Å². The van der Waals surface area contributed by atoms with Crippen LogP contribution in [0.1, 0.15) is 5.89 Å². The zero-order valence-electron chi connectivity index (χ0n) is 12.5. The second kappa shape index (κ2) is 7.30. The fourth-order valence-corrected chi connectivity index (χ4v) is 4.20. The quantitative estimate of drug-likeness (QED) is 0.472. The second-order valence-corrected chi connectivity index (χ2v) is 7.80. The topological polar surface area (TPSA) is 76.7 Å². The number of nitrogens with one attached hydrogen (secondary N) is 1. The fraction of sp³-hybridized carbons (Fsp3) is 0.0667. The van der Waals surface area contributed by atoms with Crippen molar-refractivity contribution in [1.29, 1.82) is 0 Å². The van der Waals surface area contributed by atoms with Gasteiger partial charge in [-0.1, -0.05) is 34.3 Å². The van der Waals surface area contributed by atoms with Crippen LogP contribution in [0.3, 0.4) is 0 Å². The molecule has 0 aliphatic heterocycles. The molecular weight excluding hydrogens is 381 g/mol. The molecule has 10 heteroatoms. The van der Waals surface area contributed by atoms with E-state index in [1.54, 1.807) is 23.5 Å². The summed E-state index contributed by atoms with van der Waals surface area (Å²) >= 11 is 4.42. The van der Waals surface area contributed by atoms with Crippen LogP contribution < -0.4 is 5.32 Å². The van der Waals surface area contributed by atoms with E-state index in [0.717, 1.165) is 9.90 Å². The Bertz CT molecular complexity index is 969. The molecule has 0 saturated carbocycles. The zero-order chi connectivity index (χ0) is 17.1. The molecule has 1 aromatic carbocycles. The molecule has 4 rings (SSSR count). The molecular formula is C15H10FN5OS3. The minimum absolute atomic E-state index is 0.304. The van der Waals surface area contributed by atoms with Crippen molar-refractivity contribution in [3.63, 3.8) is 0 Å². The van der Waals surface area contributed by atoms with Gasteiger partial charge in [0.25, 0.3) is 0 Å². The lowest BCUT2D eigenvalue weighted by molar-refractivity contribution is 0.391. The maximum absolute atomic E-state index is 13.2. The summed E-state index contributed by atoms with van der Waals surface area (Å²) < 4.78 is 19.2. The van der Waals surface area contributed by atoms with Gasteiger partial charge in [0.05, 0.1) is 5.75 Å². The molecule has 0 aliphatic carbocycles. The van der Waals surface area contributed by atoms with E-state index in [-0.39, 0.29) is 5.82 Å². The summed E-state index contributed by atoms with van der Waals surface area (Å²) in [6, 6.07) is 8.14. The first kappa shape index (κ1) is 16.2. The number of halogens is 1. The Morgan fingerprint density at radius 2 is 2.20 bits per heavy atom. The van der Waals surface area contributed by atoms with E-state index in [1.807, 2.05) is 16.8 Å². The minimum atomic E-state index is -0.304. The highest BCUT2D eigenvalue weighted by molar-refractivity contribution is 8.00. The van der Waals surface area contributed by atoms with Gasteiger partial charge in [0, 0.05) is 16.6 Å². The van der Waals surface area contributed by atoms with Gasteiger partial charge >= 0.3 is 0 Å². The molecule has 4 aromatic rings. The molecule has 0 amide bonds. The first-order chi connectivity index (χ1) is 12.3. The van der Waals surface area contributed by atoms with Crippen LogP contribution in [-0.4, -0.2) is 20.3 Å². The summed E-state index contributed by atoms with van der Waals surface area (Å²) in [5, 5.41) is 19.7. The van der Waals surface area contributed by atoms with Gasteiger partial charge in [-0.05, 0) is 29.6 Å². The average Bonchev–Trinajstić information content (AvgIpc) is 3.34. The van der Waals surface area contributed by atoms with Crippen molar-refractivity contribution in [3.8, 4) is 11.4 Å². The largest absolute Gasteiger partial charge is 0.338 e. The van der Waals surface area contributed by atoms with Gasteiger partial charge < -0.3 is 9.84 Å². The molecule has 0 bridgehead atoms. The standard InChI is InChI=1S/C15H10FN5OS3/c16-10-2-1-3-11(6-10)17-14-19-20-15(25-14)24-8-12-18-13(21-22-12)9-4-5-23-7-9/h1-7H,8H2,(H,17,19). The van der Waals surface area contributed by atoms with Crippen LogP contribution in [0.25, 0.3) is 11.4 Å². The third-order valence-corrected chi connectivity index (χ3v) is 5.69. The Balaban J connectivity index is 1.37. The molecule has 0 aliphatic rings. The normalized spacial score (nSPS) is 10.9. The highest BCUT2D eigenvalue weighted by Crippen LogP contribution is 2.30. The average molecular weight is 391 g/mol. The smallest absolute Gasteiger partial charge is 0.237 e. The fourth-order valence-electron chi connectivity index (χ4n) is 1.95. The van der Waals surface area contributed by atoms with Gasteiger partial charge in [-0.25, -0.2) is 4.39 Å². The van der Waals surface area contributed by atoms with Crippen molar-refractivity contribution in [2.24, 2.45) is 0 Å². The van der Waals surface area contributed by atoms with E-state index < -0.39 is 0 Å². The van der Waals surface area contributed by atoms with Crippen LogP contribution in [0.5, 0.6) is 0 Å². The number of hydrogen-bond acceptors (Lipinski definition) is 9. The first-order valence-electron chi connectivity index (χ1n) is 7.10. The number of hydrogen-bond donors (Lipinski definition) is 1. The molecule has 0 atom stereocenters. The van der Waals surface area contributed by atoms with Crippen molar-refractivity contribution in [1.82, 2.24) is 20.3 Å². The summed E-state index contributed by atoms with van der Waals surface area (Å²) in [6.45, 7) is 0. The van der Waals surface area contributed by atoms with Gasteiger partial charge in [-0.15, -0.1) is 10.2 Å². The summed E-state index contributed by atoms with van der Waals surface area (Å²) in [5.74, 6) is 1.32. The van der Waals surface area contributed by atoms with Crippen molar-refractivity contribution >= 4 is 45.3 Å². The van der Waals surface area contributed by atoms with Crippen LogP contribution in [0.4, 0.5) is 15.2 Å². The molecule has 0 radical (unpaired) electrons. The van der Waals surface area contributed by atoms with Crippen LogP contribution >= 0.6 is 34.4 Å². The molecule has 1 N–H and O–H groups in total. The SMILES string of the molecule is Fc1cccc(Nc2nnc(SCc3nc(-c4ccsc4)no3)s2)c1. The predicted molar refractivity (Wildman–Crippen MR) is 96.8 cm³/mol. The summed E-state index contributed by atoms with van der Waals surface area (Å²) in [7, 11) is 0. The molecule has 6 nitrogen and oxygen atoms in total. The Hall–Kier alpha value is -2.30. The van der Waals surface area contributed by atoms with Crippen LogP contribution in [0, 0.1) is 5.82 Å². The van der Waals surface area contributed by atoms with Crippen LogP contribution in [0.2, 0.25) is 0 Å². The predicted octanol–water partition coefficient (Wildman–Crippen LogP) is 4.82. The number of anilines is 2. The monoisotopic (exact) mass is 391 g/mol. The first-order valence-corrected chi connectivity index (χ1v) is 9.85. The van der Waals surface area contributed by atoms with Crippen LogP contribution in [-0.2, 0) is 5.75 Å². The lowest BCUT2D eigenvalue weighted by atomic mass is 10.3. The maximum Gasteiger partial charge on any atom is 0.237 e. The Morgan fingerprint density at radius 1 is 1.24 bits per heavy atom. The molecule has 3 heterocycles. The van der Waals surface area contributed by atoms with Gasteiger partial charge in [-0.3, -0.25) is 0 Å². The summed E-state index contributed by atoms with van der Waals surface area (Å²) in [6.07, 6.45) is 0. The van der Waals surface area contributed by atoms with E-state index in [4.69, 9.17) is 4.52 Å². The number of thiophene rings is 1. The van der Waals surface area contributed by atoms with E-state index in [0.29, 0.717) is 28.3 Å². The Labute approximate surface area is 154 Å². The van der Waals surface area contributed by atoms with Gasteiger partial charge in [0.15, 0.2) is 4.34 Å². The highest BCUT2D eigenvalue weighted by Gasteiger charge is 2.11. The van der Waals surface area contributed by atoms with Crippen molar-refractivity contribution in [2.75, 3.05) is 5.32 Å². The second-order valence-electron chi connectivity index (χ2n) is 4.82. The molecule has 0 fully saturated rings. The molecule has 0 saturated heterocycles. The van der Waals surface area contributed by atoms with Gasteiger partial charge in [-0.2, -0.15) is 16.3 Å². The van der Waals surface area contributed by atoms with E-state index in [2.05, 4.69) is 25.7 Å². The van der Waals surface area contributed by atoms with Crippen LogP contribution in [0.15, 0.2) is 50.0 Å². The molecule has 0 unspecified atom stereocenters. The molecule has 0 spiro atoms. The lowest BCUT2D eigenvalue weighted by Crippen LogP contribution is -1.89. The molecule has 25 heavy (non-hydrogen) atoms. The van der Waals surface area contributed by atoms with E-state index in [1.165, 1.54) is 35.2 Å². The number of rotatable bonds is 6. The van der Waals surface area contributed by atoms with Gasteiger partial charge in [0.1, 0.15) is 5.82 Å². The minimum Gasteiger partial charge on any atom is -0.338 e. The third-order valence-electron chi connectivity index (χ3n) is 3.05. The Kier molecular flexibility index (Phi) is 4.72. The number of nitrogens with zero attached hydrogens (tertiary/aromatic N) is 4. The molecule has 126 valence electrons. The van der Waals surface area contributed by atoms with E-state index >= 15 is 0 Å². The summed E-state index contributed by atoms with van der Waals surface area (Å²) in [5.41, 5.74) is 1.58. The Morgan fingerprint density at radius 3 is 3.04 bits per heavy atom. The lowest BCUT2D eigenvalue weighted by Gasteiger charge is -2.00. The van der Waals surface area contributed by atoms with E-state index in [9.17, 15) is 4.39 Å². The highest BCUT2D eigenvalue weighted by atomic mass is 32.2. The number of thioether (sulfide) groups is 1. The van der Waals surface area contributed by atoms with Crippen molar-refractivity contribution < 1.29 is 8.91 Å². The molecule has 3 aromatic heterocycles. The number of aromatic nitrogens is 4. The number of benzene rings is 1.